The first-order chi connectivity index (χ1) is 8.93. The van der Waals surface area contributed by atoms with Gasteiger partial charge in [0.05, 0.1) is 17.6 Å². The molecule has 1 amide bonds. The Morgan fingerprint density at radius 3 is 2.79 bits per heavy atom. The third-order valence-corrected chi connectivity index (χ3v) is 2.24. The van der Waals surface area contributed by atoms with Crippen LogP contribution >= 0.6 is 0 Å². The third-order valence-electron chi connectivity index (χ3n) is 2.24. The monoisotopic (exact) mass is 269 g/mol. The minimum absolute atomic E-state index is 0.137. The molecule has 1 atom stereocenters. The van der Waals surface area contributed by atoms with Crippen LogP contribution < -0.4 is 15.8 Å². The molecule has 0 saturated carbocycles. The van der Waals surface area contributed by atoms with Crippen LogP contribution in [0.15, 0.2) is 18.2 Å². The largest absolute Gasteiger partial charge is 0.494 e. The molecule has 0 aliphatic carbocycles. The van der Waals surface area contributed by atoms with E-state index in [0.717, 1.165) is 0 Å². The summed E-state index contributed by atoms with van der Waals surface area (Å²) >= 11 is 0. The molecule has 8 nitrogen and oxygen atoms in total. The van der Waals surface area contributed by atoms with Crippen LogP contribution in [0.5, 0.6) is 5.75 Å². The van der Waals surface area contributed by atoms with Crippen molar-refractivity contribution in [3.8, 4) is 5.75 Å². The summed E-state index contributed by atoms with van der Waals surface area (Å²) < 4.78 is 5.19. The van der Waals surface area contributed by atoms with Crippen LogP contribution in [0.25, 0.3) is 0 Å². The van der Waals surface area contributed by atoms with Crippen LogP contribution in [-0.2, 0) is 4.79 Å². The van der Waals surface area contributed by atoms with E-state index >= 15 is 0 Å². The third kappa shape index (κ3) is 4.43. The Morgan fingerprint density at radius 1 is 1.58 bits per heavy atom. The Labute approximate surface area is 109 Å². The van der Waals surface area contributed by atoms with Crippen LogP contribution in [0, 0.1) is 10.1 Å². The lowest BCUT2D eigenvalue weighted by molar-refractivity contribution is -0.384. The highest BCUT2D eigenvalue weighted by Gasteiger charge is 2.13. The number of aliphatic hydroxyl groups is 1. The second-order valence-electron chi connectivity index (χ2n) is 3.70. The average Bonchev–Trinajstić information content (AvgIpc) is 2.35. The lowest BCUT2D eigenvalue weighted by Gasteiger charge is -2.11. The molecule has 104 valence electrons. The molecule has 0 saturated heterocycles. The van der Waals surface area contributed by atoms with Crippen molar-refractivity contribution in [2.45, 2.75) is 13.0 Å². The molecule has 0 radical (unpaired) electrons. The first-order valence-corrected chi connectivity index (χ1v) is 5.57. The molecular formula is C11H15N3O5. The van der Waals surface area contributed by atoms with Crippen molar-refractivity contribution < 1.29 is 19.6 Å². The Hall–Kier alpha value is -2.35. The molecular weight excluding hydrogens is 254 g/mol. The number of carbonyl (C=O) groups excluding carboxylic acids is 1. The number of benzene rings is 1. The highest BCUT2D eigenvalue weighted by molar-refractivity contribution is 5.79. The fraction of sp³-hybridized carbons (Fsp3) is 0.364. The number of carbonyl (C=O) groups is 1. The fourth-order valence-corrected chi connectivity index (χ4v) is 1.36. The summed E-state index contributed by atoms with van der Waals surface area (Å²) in [5.74, 6) is -0.546. The maximum Gasteiger partial charge on any atom is 0.275 e. The fourth-order valence-electron chi connectivity index (χ4n) is 1.36. The molecule has 0 aromatic heterocycles. The number of anilines is 1. The number of non-ortho nitro benzene ring substituents is 1. The van der Waals surface area contributed by atoms with E-state index in [2.05, 4.69) is 5.32 Å². The molecule has 0 aliphatic rings. The van der Waals surface area contributed by atoms with Crippen LogP contribution in [0.4, 0.5) is 11.4 Å². The lowest BCUT2D eigenvalue weighted by Crippen LogP contribution is -2.34. The number of nitrogens with zero attached hydrogens (tertiary/aromatic N) is 1. The van der Waals surface area contributed by atoms with E-state index in [-0.39, 0.29) is 12.2 Å². The number of nitro groups is 1. The number of hydrogen-bond acceptors (Lipinski definition) is 6. The number of rotatable bonds is 7. The normalized spacial score (nSPS) is 11.7. The summed E-state index contributed by atoms with van der Waals surface area (Å²) in [6, 6.07) is 4.10. The van der Waals surface area contributed by atoms with Crippen molar-refractivity contribution in [1.82, 2.24) is 0 Å². The van der Waals surface area contributed by atoms with Crippen molar-refractivity contribution in [2.24, 2.45) is 5.73 Å². The molecule has 1 rings (SSSR count). The zero-order valence-electron chi connectivity index (χ0n) is 10.3. The van der Waals surface area contributed by atoms with Crippen molar-refractivity contribution in [1.29, 1.82) is 0 Å². The Bertz CT molecular complexity index is 477. The molecule has 4 N–H and O–H groups in total. The Morgan fingerprint density at radius 2 is 2.26 bits per heavy atom. The molecule has 0 heterocycles. The summed E-state index contributed by atoms with van der Waals surface area (Å²) in [5, 5.41) is 22.7. The maximum absolute atomic E-state index is 10.8. The van der Waals surface area contributed by atoms with E-state index in [9.17, 15) is 20.0 Å². The predicted octanol–water partition coefficient (Wildman–Crippen LogP) is 0.252. The number of amides is 1. The Kier molecular flexibility index (Phi) is 5.07. The molecule has 1 unspecified atom stereocenters. The van der Waals surface area contributed by atoms with Gasteiger partial charge >= 0.3 is 0 Å². The van der Waals surface area contributed by atoms with Gasteiger partial charge in [-0.15, -0.1) is 0 Å². The SMILES string of the molecule is CCOc1cc(NCC(O)C(N)=O)cc([N+](=O)[O-])c1. The van der Waals surface area contributed by atoms with Gasteiger partial charge in [-0.25, -0.2) is 0 Å². The summed E-state index contributed by atoms with van der Waals surface area (Å²) in [4.78, 5) is 20.9. The van der Waals surface area contributed by atoms with Gasteiger partial charge in [-0.1, -0.05) is 0 Å². The first kappa shape index (κ1) is 14.7. The van der Waals surface area contributed by atoms with Crippen LogP contribution in [-0.4, -0.2) is 35.2 Å². The van der Waals surface area contributed by atoms with Crippen molar-refractivity contribution >= 4 is 17.3 Å². The van der Waals surface area contributed by atoms with Gasteiger partial charge in [0.2, 0.25) is 5.91 Å². The van der Waals surface area contributed by atoms with Gasteiger partial charge in [0.1, 0.15) is 11.9 Å². The van der Waals surface area contributed by atoms with E-state index in [1.165, 1.54) is 18.2 Å². The molecule has 19 heavy (non-hydrogen) atoms. The quantitative estimate of drug-likeness (QED) is 0.481. The number of nitro benzene ring substituents is 1. The summed E-state index contributed by atoms with van der Waals surface area (Å²) in [6.07, 6.45) is -1.37. The van der Waals surface area contributed by atoms with Gasteiger partial charge in [-0.05, 0) is 6.92 Å². The first-order valence-electron chi connectivity index (χ1n) is 5.57. The van der Waals surface area contributed by atoms with Gasteiger partial charge in [0.25, 0.3) is 5.69 Å². The number of primary amides is 1. The highest BCUT2D eigenvalue weighted by Crippen LogP contribution is 2.26. The van der Waals surface area contributed by atoms with Crippen LogP contribution in [0.1, 0.15) is 6.92 Å². The summed E-state index contributed by atoms with van der Waals surface area (Å²) in [6.45, 7) is 1.98. The second kappa shape index (κ2) is 6.55. The number of nitrogens with two attached hydrogens (primary N) is 1. The molecule has 0 aliphatic heterocycles. The Balaban J connectivity index is 2.87. The molecule has 0 fully saturated rings. The van der Waals surface area contributed by atoms with E-state index in [0.29, 0.717) is 18.0 Å². The average molecular weight is 269 g/mol. The zero-order valence-corrected chi connectivity index (χ0v) is 10.3. The molecule has 1 aromatic carbocycles. The smallest absolute Gasteiger partial charge is 0.275 e. The number of nitrogens with one attached hydrogen (secondary N) is 1. The van der Waals surface area contributed by atoms with Crippen LogP contribution in [0.2, 0.25) is 0 Å². The molecule has 8 heteroatoms. The highest BCUT2D eigenvalue weighted by atomic mass is 16.6. The lowest BCUT2D eigenvalue weighted by atomic mass is 10.2. The standard InChI is InChI=1S/C11H15N3O5/c1-2-19-9-4-7(3-8(5-9)14(17)18)13-6-10(15)11(12)16/h3-5,10,13,15H,2,6H2,1H3,(H2,12,16). The van der Waals surface area contributed by atoms with Crippen molar-refractivity contribution in [3.63, 3.8) is 0 Å². The van der Waals surface area contributed by atoms with E-state index < -0.39 is 16.9 Å². The number of ether oxygens (including phenoxy) is 1. The van der Waals surface area contributed by atoms with E-state index in [1.807, 2.05) is 0 Å². The zero-order chi connectivity index (χ0) is 14.4. The van der Waals surface area contributed by atoms with E-state index in [4.69, 9.17) is 10.5 Å². The van der Waals surface area contributed by atoms with Gasteiger partial charge in [-0.3, -0.25) is 14.9 Å². The summed E-state index contributed by atoms with van der Waals surface area (Å²) in [5.41, 5.74) is 5.10. The number of aliphatic hydroxyl groups excluding tert-OH is 1. The van der Waals surface area contributed by atoms with Crippen molar-refractivity contribution in [3.05, 3.63) is 28.3 Å². The number of hydrogen-bond donors (Lipinski definition) is 3. The van der Waals surface area contributed by atoms with Gasteiger partial charge in [0, 0.05) is 24.4 Å². The second-order valence-corrected chi connectivity index (χ2v) is 3.70. The summed E-state index contributed by atoms with van der Waals surface area (Å²) in [7, 11) is 0. The van der Waals surface area contributed by atoms with E-state index in [1.54, 1.807) is 6.92 Å². The van der Waals surface area contributed by atoms with Gasteiger partial charge in [0.15, 0.2) is 0 Å². The topological polar surface area (TPSA) is 128 Å². The molecule has 0 spiro atoms. The molecule has 0 bridgehead atoms. The minimum Gasteiger partial charge on any atom is -0.494 e. The minimum atomic E-state index is -1.37. The maximum atomic E-state index is 10.8. The molecule has 1 aromatic rings. The predicted molar refractivity (Wildman–Crippen MR) is 68.0 cm³/mol. The van der Waals surface area contributed by atoms with Gasteiger partial charge < -0.3 is 20.9 Å². The van der Waals surface area contributed by atoms with Crippen LogP contribution in [0.3, 0.4) is 0 Å². The van der Waals surface area contributed by atoms with Crippen molar-refractivity contribution in [2.75, 3.05) is 18.5 Å². The van der Waals surface area contributed by atoms with Gasteiger partial charge in [-0.2, -0.15) is 0 Å².